The zero-order valence-corrected chi connectivity index (χ0v) is 10.5. The largest absolute Gasteiger partial charge is 0.325 e. The molecule has 2 aromatic rings. The Balaban J connectivity index is 2.14. The molecule has 0 bridgehead atoms. The first kappa shape index (κ1) is 12.6. The highest BCUT2D eigenvalue weighted by atomic mass is 16.2. The average Bonchev–Trinajstić information content (AvgIpc) is 2.39. The van der Waals surface area contributed by atoms with Crippen LogP contribution in [0.4, 0.5) is 5.69 Å². The van der Waals surface area contributed by atoms with Crippen molar-refractivity contribution in [2.45, 2.75) is 25.8 Å². The minimum Gasteiger partial charge on any atom is -0.325 e. The van der Waals surface area contributed by atoms with Gasteiger partial charge in [0.1, 0.15) is 0 Å². The molecule has 3 heteroatoms. The third kappa shape index (κ3) is 2.87. The summed E-state index contributed by atoms with van der Waals surface area (Å²) in [5.74, 6) is -0.118. The molecule has 0 saturated heterocycles. The molecular formula is C15H18N2O. The van der Waals surface area contributed by atoms with Gasteiger partial charge in [-0.3, -0.25) is 4.79 Å². The van der Waals surface area contributed by atoms with Gasteiger partial charge >= 0.3 is 0 Å². The molecule has 2 rings (SSSR count). The van der Waals surface area contributed by atoms with E-state index in [1.54, 1.807) is 0 Å². The Morgan fingerprint density at radius 2 is 1.94 bits per heavy atom. The molecule has 1 amide bonds. The minimum atomic E-state index is -0.429. The summed E-state index contributed by atoms with van der Waals surface area (Å²) in [6.45, 7) is 2.02. The number of carbonyl (C=O) groups is 1. The van der Waals surface area contributed by atoms with Crippen LogP contribution in [-0.2, 0) is 4.79 Å². The first-order valence-electron chi connectivity index (χ1n) is 6.26. The summed E-state index contributed by atoms with van der Waals surface area (Å²) in [5.41, 5.74) is 6.57. The highest BCUT2D eigenvalue weighted by Crippen LogP contribution is 2.18. The molecule has 0 aliphatic heterocycles. The van der Waals surface area contributed by atoms with Crippen molar-refractivity contribution in [1.29, 1.82) is 0 Å². The van der Waals surface area contributed by atoms with E-state index in [4.69, 9.17) is 5.73 Å². The number of hydrogen-bond acceptors (Lipinski definition) is 2. The topological polar surface area (TPSA) is 55.1 Å². The summed E-state index contributed by atoms with van der Waals surface area (Å²) >= 11 is 0. The van der Waals surface area contributed by atoms with Gasteiger partial charge in [0.25, 0.3) is 0 Å². The lowest BCUT2D eigenvalue weighted by Gasteiger charge is -2.11. The van der Waals surface area contributed by atoms with Gasteiger partial charge in [-0.15, -0.1) is 0 Å². The number of nitrogens with one attached hydrogen (secondary N) is 1. The second-order valence-corrected chi connectivity index (χ2v) is 4.45. The van der Waals surface area contributed by atoms with Gasteiger partial charge in [0.05, 0.1) is 6.04 Å². The van der Waals surface area contributed by atoms with Gasteiger partial charge in [-0.25, -0.2) is 0 Å². The molecule has 0 aliphatic carbocycles. The Morgan fingerprint density at radius 3 is 2.67 bits per heavy atom. The predicted octanol–water partition coefficient (Wildman–Crippen LogP) is 2.91. The maximum Gasteiger partial charge on any atom is 0.241 e. The fourth-order valence-electron chi connectivity index (χ4n) is 1.94. The summed E-state index contributed by atoms with van der Waals surface area (Å²) in [6.07, 6.45) is 1.62. The lowest BCUT2D eigenvalue weighted by atomic mass is 10.1. The molecule has 1 unspecified atom stereocenters. The summed E-state index contributed by atoms with van der Waals surface area (Å²) in [6, 6.07) is 13.5. The van der Waals surface area contributed by atoms with Crippen LogP contribution in [0, 0.1) is 0 Å². The Labute approximate surface area is 107 Å². The molecule has 0 saturated carbocycles. The van der Waals surface area contributed by atoms with Gasteiger partial charge in [0.15, 0.2) is 0 Å². The molecule has 0 aromatic heterocycles. The molecule has 0 aliphatic rings. The Hall–Kier alpha value is -1.87. The number of fused-ring (bicyclic) bond motifs is 1. The van der Waals surface area contributed by atoms with E-state index in [9.17, 15) is 4.79 Å². The van der Waals surface area contributed by atoms with Gasteiger partial charge in [0.2, 0.25) is 5.91 Å². The van der Waals surface area contributed by atoms with Crippen molar-refractivity contribution in [2.75, 3.05) is 5.32 Å². The molecular weight excluding hydrogens is 224 g/mol. The van der Waals surface area contributed by atoms with Crippen LogP contribution in [0.15, 0.2) is 42.5 Å². The first-order chi connectivity index (χ1) is 8.70. The maximum absolute atomic E-state index is 11.8. The van der Waals surface area contributed by atoms with Crippen molar-refractivity contribution in [3.63, 3.8) is 0 Å². The normalized spacial score (nSPS) is 12.3. The SMILES string of the molecule is CCCC(N)C(=O)Nc1ccc2ccccc2c1. The molecule has 0 heterocycles. The Morgan fingerprint density at radius 1 is 1.22 bits per heavy atom. The lowest BCUT2D eigenvalue weighted by molar-refractivity contribution is -0.117. The first-order valence-corrected chi connectivity index (χ1v) is 6.26. The molecule has 2 aromatic carbocycles. The van der Waals surface area contributed by atoms with Crippen LogP contribution in [0.5, 0.6) is 0 Å². The number of benzene rings is 2. The summed E-state index contributed by atoms with van der Waals surface area (Å²) < 4.78 is 0. The van der Waals surface area contributed by atoms with Crippen molar-refractivity contribution >= 4 is 22.4 Å². The maximum atomic E-state index is 11.8. The monoisotopic (exact) mass is 242 g/mol. The van der Waals surface area contributed by atoms with Crippen LogP contribution >= 0.6 is 0 Å². The van der Waals surface area contributed by atoms with Crippen LogP contribution in [0.25, 0.3) is 10.8 Å². The highest BCUT2D eigenvalue weighted by molar-refractivity contribution is 5.97. The standard InChI is InChI=1S/C15H18N2O/c1-2-5-14(16)15(18)17-13-9-8-11-6-3-4-7-12(11)10-13/h3-4,6-10,14H,2,5,16H2,1H3,(H,17,18). The minimum absolute atomic E-state index is 0.118. The van der Waals surface area contributed by atoms with Crippen molar-refractivity contribution in [3.05, 3.63) is 42.5 Å². The van der Waals surface area contributed by atoms with Crippen LogP contribution in [0.2, 0.25) is 0 Å². The van der Waals surface area contributed by atoms with Crippen LogP contribution < -0.4 is 11.1 Å². The van der Waals surface area contributed by atoms with E-state index in [0.717, 1.165) is 22.9 Å². The van der Waals surface area contributed by atoms with Gasteiger partial charge in [0, 0.05) is 5.69 Å². The second-order valence-electron chi connectivity index (χ2n) is 4.45. The molecule has 18 heavy (non-hydrogen) atoms. The summed E-state index contributed by atoms with van der Waals surface area (Å²) in [4.78, 5) is 11.8. The zero-order chi connectivity index (χ0) is 13.0. The fourth-order valence-corrected chi connectivity index (χ4v) is 1.94. The van der Waals surface area contributed by atoms with Gasteiger partial charge in [-0.1, -0.05) is 43.7 Å². The third-order valence-corrected chi connectivity index (χ3v) is 2.95. The van der Waals surface area contributed by atoms with E-state index >= 15 is 0 Å². The van der Waals surface area contributed by atoms with E-state index in [0.29, 0.717) is 6.42 Å². The Kier molecular flexibility index (Phi) is 3.95. The quantitative estimate of drug-likeness (QED) is 0.866. The summed E-state index contributed by atoms with van der Waals surface area (Å²) in [7, 11) is 0. The van der Waals surface area contributed by atoms with Crippen LogP contribution in [0.1, 0.15) is 19.8 Å². The van der Waals surface area contributed by atoms with Crippen LogP contribution in [0.3, 0.4) is 0 Å². The van der Waals surface area contributed by atoms with Crippen LogP contribution in [-0.4, -0.2) is 11.9 Å². The van der Waals surface area contributed by atoms with E-state index in [1.807, 2.05) is 49.4 Å². The average molecular weight is 242 g/mol. The molecule has 0 spiro atoms. The zero-order valence-electron chi connectivity index (χ0n) is 10.5. The molecule has 0 radical (unpaired) electrons. The lowest BCUT2D eigenvalue weighted by Crippen LogP contribution is -2.35. The number of rotatable bonds is 4. The molecule has 94 valence electrons. The number of carbonyl (C=O) groups excluding carboxylic acids is 1. The van der Waals surface area contributed by atoms with E-state index in [-0.39, 0.29) is 5.91 Å². The van der Waals surface area contributed by atoms with E-state index in [2.05, 4.69) is 5.32 Å². The van der Waals surface area contributed by atoms with Crippen molar-refractivity contribution in [3.8, 4) is 0 Å². The molecule has 0 fully saturated rings. The van der Waals surface area contributed by atoms with Gasteiger partial charge < -0.3 is 11.1 Å². The third-order valence-electron chi connectivity index (χ3n) is 2.95. The predicted molar refractivity (Wildman–Crippen MR) is 75.5 cm³/mol. The number of nitrogens with two attached hydrogens (primary N) is 1. The molecule has 1 atom stereocenters. The van der Waals surface area contributed by atoms with E-state index in [1.165, 1.54) is 0 Å². The fraction of sp³-hybridized carbons (Fsp3) is 0.267. The van der Waals surface area contributed by atoms with Crippen molar-refractivity contribution in [1.82, 2.24) is 0 Å². The Bertz CT molecular complexity index is 551. The number of hydrogen-bond donors (Lipinski definition) is 2. The molecule has 3 nitrogen and oxygen atoms in total. The summed E-state index contributed by atoms with van der Waals surface area (Å²) in [5, 5.41) is 5.13. The highest BCUT2D eigenvalue weighted by Gasteiger charge is 2.12. The van der Waals surface area contributed by atoms with Crippen molar-refractivity contribution < 1.29 is 4.79 Å². The van der Waals surface area contributed by atoms with E-state index < -0.39 is 6.04 Å². The van der Waals surface area contributed by atoms with Gasteiger partial charge in [-0.05, 0) is 29.3 Å². The van der Waals surface area contributed by atoms with Crippen molar-refractivity contribution in [2.24, 2.45) is 5.73 Å². The number of amides is 1. The number of anilines is 1. The van der Waals surface area contributed by atoms with Gasteiger partial charge in [-0.2, -0.15) is 0 Å². The molecule has 3 N–H and O–H groups in total. The second kappa shape index (κ2) is 5.65. The smallest absolute Gasteiger partial charge is 0.241 e.